The Bertz CT molecular complexity index is 1010. The zero-order chi connectivity index (χ0) is 29.5. The minimum atomic E-state index is -1.36. The number of carboxylic acids is 1. The molecule has 4 amide bonds. The van der Waals surface area contributed by atoms with Gasteiger partial charge in [0.15, 0.2) is 5.96 Å². The summed E-state index contributed by atoms with van der Waals surface area (Å²) in [5.41, 5.74) is 22.1. The Balaban J connectivity index is 3.08. The van der Waals surface area contributed by atoms with E-state index in [0.717, 1.165) is 0 Å². The summed E-state index contributed by atoms with van der Waals surface area (Å²) in [6.45, 7) is 1.44. The van der Waals surface area contributed by atoms with Crippen molar-refractivity contribution in [3.05, 3.63) is 35.9 Å². The zero-order valence-corrected chi connectivity index (χ0v) is 21.7. The fourth-order valence-electron chi connectivity index (χ4n) is 3.41. The number of carbonyl (C=O) groups excluding carboxylic acids is 4. The van der Waals surface area contributed by atoms with Crippen LogP contribution in [0.3, 0.4) is 0 Å². The lowest BCUT2D eigenvalue weighted by atomic mass is 10.0. The topological polar surface area (TPSA) is 278 Å². The lowest BCUT2D eigenvalue weighted by Gasteiger charge is -2.25. The molecule has 15 nitrogen and oxygen atoms in total. The smallest absolute Gasteiger partial charge is 0.326 e. The molecule has 0 saturated carbocycles. The number of benzene rings is 1. The first-order chi connectivity index (χ1) is 18.3. The molecule has 13 N–H and O–H groups in total. The highest BCUT2D eigenvalue weighted by atomic mass is 16.4. The van der Waals surface area contributed by atoms with E-state index in [1.165, 1.54) is 6.92 Å². The molecule has 0 fully saturated rings. The summed E-state index contributed by atoms with van der Waals surface area (Å²) in [6.07, 6.45) is -1.48. The first kappa shape index (κ1) is 32.8. The third-order valence-corrected chi connectivity index (χ3v) is 5.61. The van der Waals surface area contributed by atoms with Gasteiger partial charge in [0.05, 0.1) is 6.10 Å². The maximum absolute atomic E-state index is 13.1. The number of carbonyl (C=O) groups is 5. The second kappa shape index (κ2) is 16.6. The van der Waals surface area contributed by atoms with Crippen molar-refractivity contribution < 1.29 is 34.2 Å². The molecule has 1 rings (SSSR count). The Morgan fingerprint density at radius 3 is 1.92 bits per heavy atom. The lowest BCUT2D eigenvalue weighted by molar-refractivity contribution is -0.142. The molecule has 5 atom stereocenters. The van der Waals surface area contributed by atoms with Crippen LogP contribution in [0.25, 0.3) is 0 Å². The zero-order valence-electron chi connectivity index (χ0n) is 21.7. The van der Waals surface area contributed by atoms with Gasteiger partial charge in [0.2, 0.25) is 23.6 Å². The number of carboxylic acid groups (broad SMARTS) is 1. The van der Waals surface area contributed by atoms with Gasteiger partial charge in [-0.1, -0.05) is 30.3 Å². The largest absolute Gasteiger partial charge is 0.480 e. The van der Waals surface area contributed by atoms with E-state index in [-0.39, 0.29) is 44.6 Å². The van der Waals surface area contributed by atoms with Gasteiger partial charge in [0.25, 0.3) is 0 Å². The Morgan fingerprint density at radius 2 is 1.41 bits per heavy atom. The second-order valence-corrected chi connectivity index (χ2v) is 8.93. The average molecular weight is 551 g/mol. The monoisotopic (exact) mass is 550 g/mol. The number of nitrogens with zero attached hydrogens (tertiary/aromatic N) is 1. The lowest BCUT2D eigenvalue weighted by Crippen LogP contribution is -2.58. The van der Waals surface area contributed by atoms with E-state index >= 15 is 0 Å². The van der Waals surface area contributed by atoms with Crippen LogP contribution in [0.5, 0.6) is 0 Å². The number of amides is 4. The Hall–Kier alpha value is -4.24. The van der Waals surface area contributed by atoms with Gasteiger partial charge in [-0.3, -0.25) is 24.2 Å². The minimum Gasteiger partial charge on any atom is -0.480 e. The Labute approximate surface area is 225 Å². The molecule has 39 heavy (non-hydrogen) atoms. The first-order valence-electron chi connectivity index (χ1n) is 12.3. The first-order valence-corrected chi connectivity index (χ1v) is 12.3. The van der Waals surface area contributed by atoms with Crippen LogP contribution in [0.2, 0.25) is 0 Å². The molecule has 0 radical (unpaired) electrons. The molecule has 5 unspecified atom stereocenters. The van der Waals surface area contributed by atoms with Crippen molar-refractivity contribution in [2.45, 2.75) is 69.3 Å². The van der Waals surface area contributed by atoms with Gasteiger partial charge < -0.3 is 49.1 Å². The van der Waals surface area contributed by atoms with Crippen molar-refractivity contribution in [2.75, 3.05) is 6.54 Å². The van der Waals surface area contributed by atoms with Crippen LogP contribution in [0.15, 0.2) is 35.3 Å². The summed E-state index contributed by atoms with van der Waals surface area (Å²) in [5, 5.41) is 26.5. The SMILES string of the molecule is CC(O)C(N)C(=O)NC(CCCN=C(N)N)C(=O)NC(CCC(N)=O)C(=O)NC(Cc1ccccc1)C(=O)O. The number of hydrogen-bond acceptors (Lipinski definition) is 8. The quantitative estimate of drug-likeness (QED) is 0.0531. The van der Waals surface area contributed by atoms with Gasteiger partial charge in [0.1, 0.15) is 24.2 Å². The van der Waals surface area contributed by atoms with Gasteiger partial charge in [-0.25, -0.2) is 4.79 Å². The molecule has 0 aromatic heterocycles. The number of guanidine groups is 1. The molecule has 0 saturated heterocycles. The number of aliphatic hydroxyl groups is 1. The molecular weight excluding hydrogens is 512 g/mol. The molecule has 0 aliphatic rings. The summed E-state index contributed by atoms with van der Waals surface area (Å²) >= 11 is 0. The molecule has 0 spiro atoms. The van der Waals surface area contributed by atoms with E-state index in [0.29, 0.717) is 5.56 Å². The summed E-state index contributed by atoms with van der Waals surface area (Å²) in [6, 6.07) is 3.35. The highest BCUT2D eigenvalue weighted by Gasteiger charge is 2.31. The maximum atomic E-state index is 13.1. The van der Waals surface area contributed by atoms with Crippen LogP contribution in [-0.2, 0) is 30.4 Å². The van der Waals surface area contributed by atoms with Gasteiger partial charge in [-0.15, -0.1) is 0 Å². The summed E-state index contributed by atoms with van der Waals surface area (Å²) in [7, 11) is 0. The van der Waals surface area contributed by atoms with Crippen molar-refractivity contribution in [1.82, 2.24) is 16.0 Å². The van der Waals surface area contributed by atoms with Gasteiger partial charge in [-0.2, -0.15) is 0 Å². The van der Waals surface area contributed by atoms with Crippen molar-refractivity contribution in [1.29, 1.82) is 0 Å². The highest BCUT2D eigenvalue weighted by molar-refractivity contribution is 5.94. The molecule has 15 heteroatoms. The van der Waals surface area contributed by atoms with Crippen LogP contribution < -0.4 is 38.9 Å². The van der Waals surface area contributed by atoms with E-state index in [9.17, 15) is 34.2 Å². The number of rotatable bonds is 17. The summed E-state index contributed by atoms with van der Waals surface area (Å²) in [5.74, 6) is -4.71. The van der Waals surface area contributed by atoms with Crippen LogP contribution in [0.4, 0.5) is 0 Å². The van der Waals surface area contributed by atoms with Gasteiger partial charge in [-0.05, 0) is 31.7 Å². The normalized spacial score (nSPS) is 14.5. The van der Waals surface area contributed by atoms with E-state index < -0.39 is 59.9 Å². The van der Waals surface area contributed by atoms with Crippen molar-refractivity contribution in [2.24, 2.45) is 27.9 Å². The number of aliphatic imine (C=N–C) groups is 1. The number of aliphatic hydroxyl groups excluding tert-OH is 1. The average Bonchev–Trinajstić information content (AvgIpc) is 2.87. The van der Waals surface area contributed by atoms with Crippen LogP contribution in [0.1, 0.15) is 38.2 Å². The third kappa shape index (κ3) is 12.7. The van der Waals surface area contributed by atoms with Crippen LogP contribution >= 0.6 is 0 Å². The standard InChI is InChI=1S/C24H38N8O7/c1-13(33)19(26)22(37)31-15(8-5-11-29-24(27)28)20(35)30-16(9-10-18(25)34)21(36)32-17(23(38)39)12-14-6-3-2-4-7-14/h2-4,6-7,13,15-17,19,33H,5,8-12,26H2,1H3,(H2,25,34)(H,30,35)(H,31,37)(H,32,36)(H,38,39)(H4,27,28,29). The van der Waals surface area contributed by atoms with E-state index in [2.05, 4.69) is 20.9 Å². The second-order valence-electron chi connectivity index (χ2n) is 8.93. The number of hydrogen-bond donors (Lipinski definition) is 9. The van der Waals surface area contributed by atoms with E-state index in [4.69, 9.17) is 22.9 Å². The Kier molecular flexibility index (Phi) is 13.9. The molecule has 0 bridgehead atoms. The summed E-state index contributed by atoms with van der Waals surface area (Å²) < 4.78 is 0. The maximum Gasteiger partial charge on any atom is 0.326 e. The highest BCUT2D eigenvalue weighted by Crippen LogP contribution is 2.07. The molecule has 1 aromatic carbocycles. The predicted molar refractivity (Wildman–Crippen MR) is 142 cm³/mol. The fraction of sp³-hybridized carbons (Fsp3) is 0.500. The summed E-state index contributed by atoms with van der Waals surface area (Å²) in [4.78, 5) is 65.6. The number of nitrogens with one attached hydrogen (secondary N) is 3. The third-order valence-electron chi connectivity index (χ3n) is 5.61. The molecule has 0 aliphatic heterocycles. The number of nitrogens with two attached hydrogens (primary N) is 4. The number of aliphatic carboxylic acids is 1. The van der Waals surface area contributed by atoms with Crippen LogP contribution in [-0.4, -0.2) is 82.6 Å². The molecule has 1 aromatic rings. The predicted octanol–water partition coefficient (Wildman–Crippen LogP) is -3.20. The van der Waals surface area contributed by atoms with Gasteiger partial charge >= 0.3 is 5.97 Å². The van der Waals surface area contributed by atoms with E-state index in [1.54, 1.807) is 30.3 Å². The van der Waals surface area contributed by atoms with Gasteiger partial charge in [0, 0.05) is 19.4 Å². The van der Waals surface area contributed by atoms with Crippen molar-refractivity contribution in [3.8, 4) is 0 Å². The number of primary amides is 1. The van der Waals surface area contributed by atoms with Crippen LogP contribution in [0, 0.1) is 0 Å². The van der Waals surface area contributed by atoms with E-state index in [1.807, 2.05) is 0 Å². The minimum absolute atomic E-state index is 0.0246. The molecule has 216 valence electrons. The fourth-order valence-corrected chi connectivity index (χ4v) is 3.41. The Morgan fingerprint density at radius 1 is 0.872 bits per heavy atom. The molecular formula is C24H38N8O7. The van der Waals surface area contributed by atoms with Crippen molar-refractivity contribution in [3.63, 3.8) is 0 Å². The molecule has 0 heterocycles. The molecule has 0 aliphatic carbocycles. The van der Waals surface area contributed by atoms with Crippen molar-refractivity contribution >= 4 is 35.6 Å².